The minimum absolute atomic E-state index is 0.664. The van der Waals surface area contributed by atoms with Gasteiger partial charge in [0.15, 0.2) is 0 Å². The molecule has 0 radical (unpaired) electrons. The molecule has 6 heteroatoms. The van der Waals surface area contributed by atoms with Crippen molar-refractivity contribution in [2.75, 3.05) is 0 Å². The summed E-state index contributed by atoms with van der Waals surface area (Å²) in [4.78, 5) is 16.7. The van der Waals surface area contributed by atoms with Crippen molar-refractivity contribution in [2.24, 2.45) is 0 Å². The van der Waals surface area contributed by atoms with E-state index >= 15 is 0 Å². The number of rotatable bonds is 1. The molecule has 0 unspecified atom stereocenters. The monoisotopic (exact) mass is 310 g/mol. The maximum atomic E-state index is 8.35. The Labute approximate surface area is 126 Å². The second-order valence-electron chi connectivity index (χ2n) is 3.49. The molecule has 0 saturated heterocycles. The molecule has 2 N–H and O–H groups in total. The molecule has 104 valence electrons. The van der Waals surface area contributed by atoms with Gasteiger partial charge >= 0.3 is 0 Å². The standard InChI is InChI=1S/C12H10Cl2.2CHNO/c13-12(14)9-5-4-8-11(12)10-6-2-1-3-7-10;2*2-1-3/h1-8H,9H2;2*2H. The minimum atomic E-state index is -0.782. The smallest absolute Gasteiger partial charge is 0.222 e. The average Bonchev–Trinajstić information content (AvgIpc) is 2.41. The largest absolute Gasteiger partial charge is 0.231 e. The molecule has 0 atom stereocenters. The summed E-state index contributed by atoms with van der Waals surface area (Å²) in [5, 5.41) is 10.8. The van der Waals surface area contributed by atoms with Crippen LogP contribution in [0.3, 0.4) is 0 Å². The first kappa shape index (κ1) is 18.0. The van der Waals surface area contributed by atoms with Gasteiger partial charge in [-0.05, 0) is 11.1 Å². The maximum absolute atomic E-state index is 8.35. The van der Waals surface area contributed by atoms with E-state index < -0.39 is 4.33 Å². The molecule has 0 fully saturated rings. The first-order valence-electron chi connectivity index (χ1n) is 5.41. The predicted molar refractivity (Wildman–Crippen MR) is 79.4 cm³/mol. The van der Waals surface area contributed by atoms with E-state index in [2.05, 4.69) is 0 Å². The lowest BCUT2D eigenvalue weighted by atomic mass is 9.96. The van der Waals surface area contributed by atoms with E-state index in [1.165, 1.54) is 0 Å². The van der Waals surface area contributed by atoms with Gasteiger partial charge in [-0.2, -0.15) is 0 Å². The summed E-state index contributed by atoms with van der Waals surface area (Å²) in [5.41, 5.74) is 2.06. The number of hydrogen-bond acceptors (Lipinski definition) is 4. The fraction of sp³-hybridized carbons (Fsp3) is 0.143. The SMILES string of the molecule is ClC1(Cl)CC=CC=C1c1ccccc1.N=C=O.N=C=O. The third kappa shape index (κ3) is 6.28. The van der Waals surface area contributed by atoms with Gasteiger partial charge in [-0.15, -0.1) is 0 Å². The summed E-state index contributed by atoms with van der Waals surface area (Å²) in [5.74, 6) is 0. The molecule has 0 bridgehead atoms. The molecular weight excluding hydrogens is 299 g/mol. The van der Waals surface area contributed by atoms with Crippen molar-refractivity contribution in [3.63, 3.8) is 0 Å². The predicted octanol–water partition coefficient (Wildman–Crippen LogP) is 4.01. The third-order valence-corrected chi connectivity index (χ3v) is 2.97. The van der Waals surface area contributed by atoms with Crippen molar-refractivity contribution in [2.45, 2.75) is 10.8 Å². The van der Waals surface area contributed by atoms with E-state index in [0.29, 0.717) is 6.42 Å². The Kier molecular flexibility index (Phi) is 8.93. The van der Waals surface area contributed by atoms with E-state index in [-0.39, 0.29) is 0 Å². The van der Waals surface area contributed by atoms with Crippen LogP contribution in [0.5, 0.6) is 0 Å². The topological polar surface area (TPSA) is 81.8 Å². The molecule has 0 aromatic heterocycles. The number of allylic oxidation sites excluding steroid dienone is 4. The van der Waals surface area contributed by atoms with E-state index in [0.717, 1.165) is 23.3 Å². The molecule has 1 aliphatic carbocycles. The molecule has 0 spiro atoms. The van der Waals surface area contributed by atoms with Gasteiger partial charge in [-0.3, -0.25) is 0 Å². The van der Waals surface area contributed by atoms with E-state index in [4.69, 9.17) is 43.6 Å². The van der Waals surface area contributed by atoms with Gasteiger partial charge in [0.05, 0.1) is 0 Å². The normalized spacial score (nSPS) is 14.2. The average molecular weight is 311 g/mol. The molecule has 20 heavy (non-hydrogen) atoms. The minimum Gasteiger partial charge on any atom is -0.222 e. The van der Waals surface area contributed by atoms with Gasteiger partial charge < -0.3 is 0 Å². The van der Waals surface area contributed by atoms with Crippen LogP contribution in [0.2, 0.25) is 0 Å². The number of halogens is 2. The highest BCUT2D eigenvalue weighted by atomic mass is 35.5. The fourth-order valence-corrected chi connectivity index (χ4v) is 2.06. The summed E-state index contributed by atoms with van der Waals surface area (Å²) in [6.07, 6.45) is 8.10. The lowest BCUT2D eigenvalue weighted by Crippen LogP contribution is -2.16. The second kappa shape index (κ2) is 9.90. The Morgan fingerprint density at radius 1 is 1.05 bits per heavy atom. The summed E-state index contributed by atoms with van der Waals surface area (Å²) in [6, 6.07) is 9.98. The lowest BCUT2D eigenvalue weighted by molar-refractivity contribution is 0.562. The molecule has 1 aromatic rings. The lowest BCUT2D eigenvalue weighted by Gasteiger charge is -2.24. The molecule has 1 aliphatic rings. The zero-order valence-electron chi connectivity index (χ0n) is 10.4. The van der Waals surface area contributed by atoms with E-state index in [1.54, 1.807) is 0 Å². The number of hydrogen-bond donors (Lipinski definition) is 2. The van der Waals surface area contributed by atoms with Crippen LogP contribution >= 0.6 is 23.2 Å². The van der Waals surface area contributed by atoms with E-state index in [9.17, 15) is 0 Å². The molecular formula is C14H12Cl2N2O2. The Hall–Kier alpha value is -1.96. The number of benzene rings is 1. The highest BCUT2D eigenvalue weighted by molar-refractivity contribution is 6.54. The van der Waals surface area contributed by atoms with Gasteiger partial charge in [0.25, 0.3) is 0 Å². The van der Waals surface area contributed by atoms with Gasteiger partial charge in [-0.25, -0.2) is 20.4 Å². The zero-order valence-corrected chi connectivity index (χ0v) is 11.9. The molecule has 0 amide bonds. The van der Waals surface area contributed by atoms with Crippen LogP contribution < -0.4 is 0 Å². The number of isocyanates is 2. The molecule has 4 nitrogen and oxygen atoms in total. The Morgan fingerprint density at radius 3 is 2.00 bits per heavy atom. The first-order valence-corrected chi connectivity index (χ1v) is 6.17. The van der Waals surface area contributed by atoms with E-state index in [1.807, 2.05) is 48.6 Å². The quantitative estimate of drug-likeness (QED) is 0.467. The van der Waals surface area contributed by atoms with Crippen LogP contribution in [0.4, 0.5) is 0 Å². The van der Waals surface area contributed by atoms with Gasteiger partial charge in [0.2, 0.25) is 12.2 Å². The van der Waals surface area contributed by atoms with Crippen LogP contribution in [0.25, 0.3) is 5.57 Å². The molecule has 0 heterocycles. The number of carbonyl (C=O) groups excluding carboxylic acids is 2. The molecule has 0 saturated carbocycles. The summed E-state index contributed by atoms with van der Waals surface area (Å²) >= 11 is 12.4. The second-order valence-corrected chi connectivity index (χ2v) is 4.97. The maximum Gasteiger partial charge on any atom is 0.231 e. The molecule has 0 aliphatic heterocycles. The highest BCUT2D eigenvalue weighted by Crippen LogP contribution is 2.42. The van der Waals surface area contributed by atoms with Gasteiger partial charge in [-0.1, -0.05) is 71.8 Å². The Balaban J connectivity index is 0.000000520. The Bertz CT molecular complexity index is 528. The van der Waals surface area contributed by atoms with Crippen molar-refractivity contribution in [3.8, 4) is 0 Å². The van der Waals surface area contributed by atoms with Gasteiger partial charge in [0, 0.05) is 6.42 Å². The number of nitrogens with one attached hydrogen (secondary N) is 2. The van der Waals surface area contributed by atoms with Crippen LogP contribution in [0.1, 0.15) is 12.0 Å². The fourth-order valence-electron chi connectivity index (χ4n) is 1.54. The van der Waals surface area contributed by atoms with Gasteiger partial charge in [0.1, 0.15) is 4.33 Å². The summed E-state index contributed by atoms with van der Waals surface area (Å²) in [7, 11) is 0. The number of alkyl halides is 2. The van der Waals surface area contributed by atoms with Crippen molar-refractivity contribution >= 4 is 40.9 Å². The zero-order chi connectivity index (χ0) is 15.4. The van der Waals surface area contributed by atoms with Crippen LogP contribution in [0.15, 0.2) is 48.6 Å². The Morgan fingerprint density at radius 2 is 1.55 bits per heavy atom. The van der Waals surface area contributed by atoms with Crippen molar-refractivity contribution in [1.82, 2.24) is 0 Å². The van der Waals surface area contributed by atoms with Crippen molar-refractivity contribution in [3.05, 3.63) is 54.1 Å². The van der Waals surface area contributed by atoms with Crippen molar-refractivity contribution in [1.29, 1.82) is 10.8 Å². The molecule has 1 aromatic carbocycles. The van der Waals surface area contributed by atoms with Crippen molar-refractivity contribution < 1.29 is 9.59 Å². The van der Waals surface area contributed by atoms with Crippen LogP contribution in [0, 0.1) is 10.8 Å². The summed E-state index contributed by atoms with van der Waals surface area (Å²) in [6.45, 7) is 0. The highest BCUT2D eigenvalue weighted by Gasteiger charge is 2.29. The third-order valence-electron chi connectivity index (χ3n) is 2.25. The van der Waals surface area contributed by atoms with Crippen LogP contribution in [-0.2, 0) is 9.59 Å². The first-order chi connectivity index (χ1) is 9.53. The summed E-state index contributed by atoms with van der Waals surface area (Å²) < 4.78 is -0.782. The molecule has 2 rings (SSSR count). The van der Waals surface area contributed by atoms with Crippen LogP contribution in [-0.4, -0.2) is 16.5 Å².